The van der Waals surface area contributed by atoms with Gasteiger partial charge in [0.1, 0.15) is 5.65 Å². The Bertz CT molecular complexity index is 3320. The van der Waals surface area contributed by atoms with Gasteiger partial charge in [0.25, 0.3) is 0 Å². The van der Waals surface area contributed by atoms with Crippen molar-refractivity contribution in [2.45, 2.75) is 0 Å². The molecule has 0 aliphatic rings. The van der Waals surface area contributed by atoms with Crippen molar-refractivity contribution >= 4 is 113 Å². The third-order valence-corrected chi connectivity index (χ3v) is 17.2. The molecule has 0 aliphatic carbocycles. The second-order valence-corrected chi connectivity index (χ2v) is 19.3. The molecule has 0 saturated carbocycles. The number of hydrogen-bond acceptors (Lipinski definition) is 3. The zero-order chi connectivity index (χ0) is 35.1. The van der Waals surface area contributed by atoms with Crippen LogP contribution in [0, 0.1) is 0 Å². The Morgan fingerprint density at radius 3 is 2.06 bits per heavy atom. The average molecular weight is 728 g/mol. The minimum Gasteiger partial charge on any atom is -0.291 e. The van der Waals surface area contributed by atoms with Crippen molar-refractivity contribution in [2.75, 3.05) is 0 Å². The van der Waals surface area contributed by atoms with Gasteiger partial charge in [-0.3, -0.25) is 9.38 Å². The standard InChI is InChI=1S/C47H30N3PSSi/c52-51(33-13-2-1-3-14-33,44-27-30-12-4-5-15-35(30)36-16-6-8-18-38(36)44)34-23-25-41(48-28-34)32-26-31-22-24-39-37-17-7-9-19-40(37)47-49-42-20-10-11-21-43(42)50(47)45(39)46(31)53-29-32/h1-29,53H. The Hall–Kier alpha value is -5.84. The number of pyridine rings is 2. The quantitative estimate of drug-likeness (QED) is 0.103. The van der Waals surface area contributed by atoms with Crippen LogP contribution in [0.1, 0.15) is 0 Å². The Morgan fingerprint density at radius 1 is 0.547 bits per heavy atom. The number of benzene rings is 7. The van der Waals surface area contributed by atoms with Crippen molar-refractivity contribution in [1.29, 1.82) is 0 Å². The minimum absolute atomic E-state index is 0.170. The Morgan fingerprint density at radius 2 is 1.25 bits per heavy atom. The lowest BCUT2D eigenvalue weighted by molar-refractivity contribution is 1.33. The van der Waals surface area contributed by atoms with E-state index in [2.05, 4.69) is 180 Å². The summed E-state index contributed by atoms with van der Waals surface area (Å²) in [5, 5.41) is 13.3. The molecule has 4 aromatic heterocycles. The van der Waals surface area contributed by atoms with E-state index in [0.29, 0.717) is 0 Å². The molecule has 0 N–H and O–H groups in total. The Labute approximate surface area is 313 Å². The first kappa shape index (κ1) is 30.8. The van der Waals surface area contributed by atoms with Crippen molar-refractivity contribution in [1.82, 2.24) is 14.4 Å². The Balaban J connectivity index is 1.09. The van der Waals surface area contributed by atoms with E-state index in [1.54, 1.807) is 0 Å². The number of para-hydroxylation sites is 2. The minimum atomic E-state index is -2.49. The van der Waals surface area contributed by atoms with E-state index in [1.807, 2.05) is 0 Å². The summed E-state index contributed by atoms with van der Waals surface area (Å²) in [5.41, 5.74) is 8.99. The fourth-order valence-corrected chi connectivity index (χ4v) is 13.8. The van der Waals surface area contributed by atoms with Gasteiger partial charge in [0.05, 0.1) is 22.2 Å². The predicted octanol–water partition coefficient (Wildman–Crippen LogP) is 10.1. The maximum Gasteiger partial charge on any atom is 0.146 e. The lowest BCUT2D eigenvalue weighted by atomic mass is 10.0. The monoisotopic (exact) mass is 727 g/mol. The molecule has 6 heteroatoms. The average Bonchev–Trinajstić information content (AvgIpc) is 3.63. The van der Waals surface area contributed by atoms with Crippen LogP contribution in [0.5, 0.6) is 0 Å². The number of nitrogens with zero attached hydrogens (tertiary/aromatic N) is 3. The van der Waals surface area contributed by atoms with Crippen LogP contribution in [0.25, 0.3) is 81.5 Å². The molecule has 7 aromatic carbocycles. The molecule has 11 aromatic rings. The van der Waals surface area contributed by atoms with Gasteiger partial charge in [0.2, 0.25) is 0 Å². The number of aromatic nitrogens is 3. The molecule has 0 aliphatic heterocycles. The third kappa shape index (κ3) is 4.58. The molecule has 0 radical (unpaired) electrons. The van der Waals surface area contributed by atoms with Crippen LogP contribution in [-0.4, -0.2) is 23.5 Å². The molecule has 248 valence electrons. The van der Waals surface area contributed by atoms with Crippen LogP contribution < -0.4 is 15.9 Å². The highest BCUT2D eigenvalue weighted by Crippen LogP contribution is 2.46. The largest absolute Gasteiger partial charge is 0.291 e. The fraction of sp³-hybridized carbons (Fsp3) is 0. The van der Waals surface area contributed by atoms with Gasteiger partial charge in [-0.05, 0) is 84.6 Å². The van der Waals surface area contributed by atoms with Gasteiger partial charge in [-0.15, -0.1) is 0 Å². The number of imidazole rings is 1. The van der Waals surface area contributed by atoms with E-state index in [1.165, 1.54) is 64.2 Å². The summed E-state index contributed by atoms with van der Waals surface area (Å²) >= 11 is 6.93. The lowest BCUT2D eigenvalue weighted by Crippen LogP contribution is -2.26. The van der Waals surface area contributed by atoms with Crippen molar-refractivity contribution < 1.29 is 0 Å². The van der Waals surface area contributed by atoms with Crippen LogP contribution in [0.2, 0.25) is 0 Å². The van der Waals surface area contributed by atoms with Crippen LogP contribution in [0.3, 0.4) is 0 Å². The molecule has 1 atom stereocenters. The topological polar surface area (TPSA) is 30.2 Å². The van der Waals surface area contributed by atoms with Crippen molar-refractivity contribution in [3.05, 3.63) is 176 Å². The molecule has 0 bridgehead atoms. The zero-order valence-corrected chi connectivity index (χ0v) is 31.4. The molecular formula is C47H30N3PSSi. The Kier molecular flexibility index (Phi) is 6.87. The number of hydrogen-bond donors (Lipinski definition) is 0. The molecule has 53 heavy (non-hydrogen) atoms. The summed E-state index contributed by atoms with van der Waals surface area (Å²) in [4.78, 5) is 11.7. The lowest BCUT2D eigenvalue weighted by Gasteiger charge is -2.26. The van der Waals surface area contributed by atoms with Gasteiger partial charge in [-0.25, -0.2) is 4.98 Å². The van der Waals surface area contributed by atoms with Crippen molar-refractivity contribution in [2.24, 2.45) is 0 Å². The van der Waals surface area contributed by atoms with Crippen LogP contribution in [0.4, 0.5) is 0 Å². The molecular weight excluding hydrogens is 698 g/mol. The number of rotatable bonds is 4. The SMILES string of the molecule is S=P(c1ccccc1)(c1ccc(-c2c[siH]c3c(ccc4c5ccccc5c5nc6ccccc6n5c43)c2)nc1)c1cc2ccccc2c2ccccc12. The first-order valence-electron chi connectivity index (χ1n) is 17.8. The predicted molar refractivity (Wildman–Crippen MR) is 232 cm³/mol. The second-order valence-electron chi connectivity index (χ2n) is 13.7. The van der Waals surface area contributed by atoms with E-state index in [-0.39, 0.29) is 9.12 Å². The molecule has 11 rings (SSSR count). The molecule has 0 fully saturated rings. The molecule has 0 spiro atoms. The maximum atomic E-state index is 6.93. The second kappa shape index (κ2) is 11.8. The molecule has 0 amide bonds. The van der Waals surface area contributed by atoms with Gasteiger partial charge in [0.15, 0.2) is 0 Å². The first-order chi connectivity index (χ1) is 26.2. The van der Waals surface area contributed by atoms with Crippen LogP contribution in [0.15, 0.2) is 176 Å². The maximum absolute atomic E-state index is 6.93. The van der Waals surface area contributed by atoms with Crippen molar-refractivity contribution in [3.63, 3.8) is 0 Å². The van der Waals surface area contributed by atoms with Gasteiger partial charge in [0, 0.05) is 42.7 Å². The van der Waals surface area contributed by atoms with Crippen LogP contribution >= 0.6 is 6.04 Å². The normalized spacial score (nSPS) is 13.1. The fourth-order valence-electron chi connectivity index (χ4n) is 8.38. The van der Waals surface area contributed by atoms with Crippen LogP contribution in [-0.2, 0) is 11.8 Å². The molecule has 0 saturated heterocycles. The highest BCUT2D eigenvalue weighted by Gasteiger charge is 2.28. The third-order valence-electron chi connectivity index (χ3n) is 10.8. The van der Waals surface area contributed by atoms with Gasteiger partial charge in [-0.2, -0.15) is 0 Å². The summed E-state index contributed by atoms with van der Waals surface area (Å²) in [6.07, 6.45) is 2.06. The number of fused-ring (bicyclic) bond motifs is 13. The highest BCUT2D eigenvalue weighted by molar-refractivity contribution is 8.25. The van der Waals surface area contributed by atoms with Gasteiger partial charge < -0.3 is 0 Å². The molecule has 1 unspecified atom stereocenters. The van der Waals surface area contributed by atoms with Gasteiger partial charge in [-0.1, -0.05) is 145 Å². The van der Waals surface area contributed by atoms with E-state index >= 15 is 0 Å². The summed E-state index contributed by atoms with van der Waals surface area (Å²) in [6.45, 7) is 0. The molecule has 4 heterocycles. The summed E-state index contributed by atoms with van der Waals surface area (Å²) in [6, 6.07) is 56.4. The van der Waals surface area contributed by atoms with E-state index in [4.69, 9.17) is 21.8 Å². The van der Waals surface area contributed by atoms with E-state index in [0.717, 1.165) is 33.2 Å². The summed E-state index contributed by atoms with van der Waals surface area (Å²) in [7, 11) is -0.170. The highest BCUT2D eigenvalue weighted by atomic mass is 32.4. The molecule has 3 nitrogen and oxygen atoms in total. The van der Waals surface area contributed by atoms with E-state index in [9.17, 15) is 0 Å². The smallest absolute Gasteiger partial charge is 0.146 e. The van der Waals surface area contributed by atoms with Gasteiger partial charge >= 0.3 is 0 Å². The van der Waals surface area contributed by atoms with E-state index < -0.39 is 6.04 Å². The summed E-state index contributed by atoms with van der Waals surface area (Å²) < 4.78 is 2.39. The first-order valence-corrected chi connectivity index (χ1v) is 21.9. The summed E-state index contributed by atoms with van der Waals surface area (Å²) in [5.74, 6) is 0. The zero-order valence-electron chi connectivity index (χ0n) is 28.5. The van der Waals surface area contributed by atoms with Crippen molar-refractivity contribution in [3.8, 4) is 11.3 Å².